The Kier molecular flexibility index (Phi) is 10.2. The molecule has 2 aromatic rings. The maximum Gasteiger partial charge on any atom is 0.166 e. The van der Waals surface area contributed by atoms with Crippen LogP contribution in [0.5, 0.6) is 5.75 Å². The molecule has 0 heterocycles. The molecule has 1 nitrogen and oxygen atoms in total. The normalized spacial score (nSPS) is 22.1. The molecule has 37 heavy (non-hydrogen) atoms. The van der Waals surface area contributed by atoms with Crippen LogP contribution in [0.3, 0.4) is 0 Å². The molecule has 0 spiro atoms. The third-order valence-corrected chi connectivity index (χ3v) is 8.53. The summed E-state index contributed by atoms with van der Waals surface area (Å²) in [6, 6.07) is 9.00. The fourth-order valence-electron chi connectivity index (χ4n) is 5.98. The van der Waals surface area contributed by atoms with Crippen LogP contribution in [0.2, 0.25) is 0 Å². The van der Waals surface area contributed by atoms with Crippen LogP contribution in [0, 0.1) is 29.3 Å². The molecule has 2 aliphatic rings. The molecule has 4 rings (SSSR count). The maximum absolute atomic E-state index is 14.9. The maximum atomic E-state index is 14.9. The molecule has 4 heteroatoms. The first-order chi connectivity index (χ1) is 18.0. The van der Waals surface area contributed by atoms with Crippen LogP contribution in [0.1, 0.15) is 114 Å². The summed E-state index contributed by atoms with van der Waals surface area (Å²) in [5, 5.41) is 0. The summed E-state index contributed by atoms with van der Waals surface area (Å²) in [6.45, 7) is 4.93. The van der Waals surface area contributed by atoms with Gasteiger partial charge in [-0.3, -0.25) is 0 Å². The van der Waals surface area contributed by atoms with Crippen LogP contribution in [-0.4, -0.2) is 6.61 Å². The van der Waals surface area contributed by atoms with E-state index in [1.165, 1.54) is 12.8 Å². The van der Waals surface area contributed by atoms with Crippen molar-refractivity contribution in [3.63, 3.8) is 0 Å². The van der Waals surface area contributed by atoms with Crippen molar-refractivity contribution >= 4 is 5.57 Å². The Morgan fingerprint density at radius 1 is 0.892 bits per heavy atom. The zero-order valence-electron chi connectivity index (χ0n) is 22.6. The predicted molar refractivity (Wildman–Crippen MR) is 146 cm³/mol. The molecule has 202 valence electrons. The number of aryl methyl sites for hydroxylation is 1. The van der Waals surface area contributed by atoms with Gasteiger partial charge in [-0.1, -0.05) is 57.4 Å². The minimum absolute atomic E-state index is 0.269. The summed E-state index contributed by atoms with van der Waals surface area (Å²) in [5.41, 5.74) is 2.92. The highest BCUT2D eigenvalue weighted by atomic mass is 19.2. The molecule has 0 N–H and O–H groups in total. The van der Waals surface area contributed by atoms with E-state index in [9.17, 15) is 13.2 Å². The van der Waals surface area contributed by atoms with E-state index in [0.717, 1.165) is 75.3 Å². The van der Waals surface area contributed by atoms with Crippen molar-refractivity contribution in [3.8, 4) is 5.75 Å². The summed E-state index contributed by atoms with van der Waals surface area (Å²) in [4.78, 5) is 0. The van der Waals surface area contributed by atoms with Gasteiger partial charge in [0, 0.05) is 5.56 Å². The first-order valence-electron chi connectivity index (χ1n) is 14.5. The monoisotopic (exact) mass is 512 g/mol. The average Bonchev–Trinajstić information content (AvgIpc) is 2.91. The van der Waals surface area contributed by atoms with E-state index in [1.807, 2.05) is 6.07 Å². The van der Waals surface area contributed by atoms with Gasteiger partial charge in [0.05, 0.1) is 6.61 Å². The first kappa shape index (κ1) is 27.8. The minimum atomic E-state index is -0.683. The average molecular weight is 513 g/mol. The Morgan fingerprint density at radius 2 is 1.70 bits per heavy atom. The summed E-state index contributed by atoms with van der Waals surface area (Å²) < 4.78 is 50.0. The number of allylic oxidation sites excluding steroid dienone is 2. The second-order valence-corrected chi connectivity index (χ2v) is 11.4. The van der Waals surface area contributed by atoms with E-state index >= 15 is 0 Å². The number of ether oxygens (including phenoxy) is 1. The van der Waals surface area contributed by atoms with Gasteiger partial charge in [0.15, 0.2) is 23.2 Å². The van der Waals surface area contributed by atoms with Crippen LogP contribution in [-0.2, 0) is 6.42 Å². The van der Waals surface area contributed by atoms with Crippen molar-refractivity contribution < 1.29 is 17.9 Å². The van der Waals surface area contributed by atoms with Gasteiger partial charge in [-0.15, -0.1) is 0 Å². The first-order valence-corrected chi connectivity index (χ1v) is 14.5. The quantitative estimate of drug-likeness (QED) is 0.272. The Hall–Kier alpha value is -2.23. The molecule has 0 bridgehead atoms. The highest BCUT2D eigenvalue weighted by Gasteiger charge is 2.24. The minimum Gasteiger partial charge on any atom is -0.491 e. The fourth-order valence-corrected chi connectivity index (χ4v) is 5.98. The number of rotatable bonds is 11. The van der Waals surface area contributed by atoms with Gasteiger partial charge in [-0.25, -0.2) is 13.2 Å². The Morgan fingerprint density at radius 3 is 2.41 bits per heavy atom. The number of unbranched alkanes of at least 4 members (excludes halogenated alkanes) is 3. The number of benzene rings is 2. The van der Waals surface area contributed by atoms with Crippen molar-refractivity contribution in [2.75, 3.05) is 6.61 Å². The van der Waals surface area contributed by atoms with Crippen LogP contribution < -0.4 is 4.74 Å². The standard InChI is InChI=1S/C33H43F3O/c1-3-4-5-6-21-37-31-20-18-28(22-30(31)34)25-14-9-24(10-15-25)11-16-27-17-19-29(33(36)32(27)35)26-12-7-23(2)8-13-26/h12,17-20,22-25H,3-11,13-16,21H2,1-2H3. The lowest BCUT2D eigenvalue weighted by molar-refractivity contribution is 0.288. The number of hydrogen-bond donors (Lipinski definition) is 0. The van der Waals surface area contributed by atoms with Crippen molar-refractivity contribution in [2.24, 2.45) is 11.8 Å². The summed E-state index contributed by atoms with van der Waals surface area (Å²) >= 11 is 0. The SMILES string of the molecule is CCCCCCOc1ccc(C2CCC(CCc3ccc(C4=CCC(C)CC4)c(F)c3F)CC2)cc1F. The summed E-state index contributed by atoms with van der Waals surface area (Å²) in [5.74, 6) is 0.189. The largest absolute Gasteiger partial charge is 0.491 e. The topological polar surface area (TPSA) is 9.23 Å². The molecule has 0 radical (unpaired) electrons. The molecule has 1 atom stereocenters. The van der Waals surface area contributed by atoms with Gasteiger partial charge < -0.3 is 4.74 Å². The molecule has 1 fully saturated rings. The van der Waals surface area contributed by atoms with Crippen molar-refractivity contribution in [1.82, 2.24) is 0 Å². The van der Waals surface area contributed by atoms with Crippen LogP contribution >= 0.6 is 0 Å². The molecule has 2 aliphatic carbocycles. The predicted octanol–water partition coefficient (Wildman–Crippen LogP) is 10.2. The zero-order valence-corrected chi connectivity index (χ0v) is 22.6. The number of hydrogen-bond acceptors (Lipinski definition) is 1. The molecule has 1 saturated carbocycles. The third-order valence-electron chi connectivity index (χ3n) is 8.53. The second kappa shape index (κ2) is 13.5. The van der Waals surface area contributed by atoms with Crippen LogP contribution in [0.15, 0.2) is 36.4 Å². The molecule has 0 aliphatic heterocycles. The lowest BCUT2D eigenvalue weighted by atomic mass is 9.77. The molecule has 1 unspecified atom stereocenters. The van der Waals surface area contributed by atoms with Gasteiger partial charge in [0.25, 0.3) is 0 Å². The van der Waals surface area contributed by atoms with E-state index in [2.05, 4.69) is 19.9 Å². The number of halogens is 3. The van der Waals surface area contributed by atoms with E-state index in [0.29, 0.717) is 47.7 Å². The van der Waals surface area contributed by atoms with Gasteiger partial charge in [-0.2, -0.15) is 0 Å². The molecule has 0 saturated heterocycles. The second-order valence-electron chi connectivity index (χ2n) is 11.4. The Bertz CT molecular complexity index is 1050. The zero-order chi connectivity index (χ0) is 26.2. The molecule has 0 aromatic heterocycles. The lowest BCUT2D eigenvalue weighted by Gasteiger charge is -2.29. The highest BCUT2D eigenvalue weighted by Crippen LogP contribution is 2.39. The molecule has 0 amide bonds. The van der Waals surface area contributed by atoms with Crippen LogP contribution in [0.25, 0.3) is 5.57 Å². The fraction of sp³-hybridized carbons (Fsp3) is 0.576. The summed E-state index contributed by atoms with van der Waals surface area (Å²) in [7, 11) is 0. The Labute approximate surface area is 221 Å². The molecule has 2 aromatic carbocycles. The molecular weight excluding hydrogens is 469 g/mol. The van der Waals surface area contributed by atoms with E-state index < -0.39 is 11.6 Å². The lowest BCUT2D eigenvalue weighted by Crippen LogP contribution is -2.15. The highest BCUT2D eigenvalue weighted by molar-refractivity contribution is 5.67. The van der Waals surface area contributed by atoms with Crippen LogP contribution in [0.4, 0.5) is 13.2 Å². The molecular formula is C33H43F3O. The third kappa shape index (κ3) is 7.42. The van der Waals surface area contributed by atoms with E-state index in [4.69, 9.17) is 4.74 Å². The van der Waals surface area contributed by atoms with Gasteiger partial charge in [0.1, 0.15) is 0 Å². The van der Waals surface area contributed by atoms with E-state index in [-0.39, 0.29) is 5.82 Å². The summed E-state index contributed by atoms with van der Waals surface area (Å²) in [6.07, 6.45) is 14.8. The van der Waals surface area contributed by atoms with E-state index in [1.54, 1.807) is 24.3 Å². The van der Waals surface area contributed by atoms with Gasteiger partial charge in [0.2, 0.25) is 0 Å². The van der Waals surface area contributed by atoms with Crippen molar-refractivity contribution in [2.45, 2.75) is 103 Å². The Balaban J connectivity index is 1.25. The van der Waals surface area contributed by atoms with Crippen molar-refractivity contribution in [3.05, 3.63) is 70.5 Å². The van der Waals surface area contributed by atoms with Crippen molar-refractivity contribution in [1.29, 1.82) is 0 Å². The smallest absolute Gasteiger partial charge is 0.166 e. The van der Waals surface area contributed by atoms with Gasteiger partial charge in [-0.05, 0) is 111 Å². The van der Waals surface area contributed by atoms with Gasteiger partial charge >= 0.3 is 0 Å².